The van der Waals surface area contributed by atoms with Gasteiger partial charge in [0, 0.05) is 36.3 Å². The molecule has 31 heavy (non-hydrogen) atoms. The van der Waals surface area contributed by atoms with Crippen molar-refractivity contribution in [3.05, 3.63) is 113 Å². The van der Waals surface area contributed by atoms with Gasteiger partial charge in [-0.2, -0.15) is 0 Å². The number of fused-ring (bicyclic) bond motifs is 1. The predicted octanol–water partition coefficient (Wildman–Crippen LogP) is 5.85. The van der Waals surface area contributed by atoms with Gasteiger partial charge in [0.05, 0.1) is 0 Å². The largest absolute Gasteiger partial charge is 0.507 e. The molecule has 0 radical (unpaired) electrons. The molecule has 156 valence electrons. The fraction of sp³-hybridized carbons (Fsp3) is 0.214. The SMILES string of the molecule is O=C(CCCc1ccccc1)CC(C1=C(O)c2ccccc2CC1=O)c1ccccc1. The van der Waals surface area contributed by atoms with Crippen LogP contribution in [0.3, 0.4) is 0 Å². The summed E-state index contributed by atoms with van der Waals surface area (Å²) < 4.78 is 0. The van der Waals surface area contributed by atoms with Crippen molar-refractivity contribution in [2.75, 3.05) is 0 Å². The molecule has 1 aliphatic rings. The summed E-state index contributed by atoms with van der Waals surface area (Å²) in [5.74, 6) is -0.428. The summed E-state index contributed by atoms with van der Waals surface area (Å²) in [7, 11) is 0. The van der Waals surface area contributed by atoms with Crippen molar-refractivity contribution in [2.45, 2.75) is 38.0 Å². The Hall–Kier alpha value is -3.46. The van der Waals surface area contributed by atoms with Crippen LogP contribution < -0.4 is 0 Å². The van der Waals surface area contributed by atoms with Crippen LogP contribution in [0, 0.1) is 0 Å². The van der Waals surface area contributed by atoms with Crippen LogP contribution in [0.15, 0.2) is 90.5 Å². The van der Waals surface area contributed by atoms with E-state index in [2.05, 4.69) is 12.1 Å². The number of aliphatic hydroxyl groups is 1. The summed E-state index contributed by atoms with van der Waals surface area (Å²) in [5.41, 5.74) is 3.98. The molecule has 3 aromatic carbocycles. The zero-order valence-corrected chi connectivity index (χ0v) is 17.5. The Kier molecular flexibility index (Phi) is 6.42. The van der Waals surface area contributed by atoms with E-state index in [1.54, 1.807) is 0 Å². The van der Waals surface area contributed by atoms with Crippen LogP contribution in [-0.4, -0.2) is 16.7 Å². The molecule has 0 heterocycles. The van der Waals surface area contributed by atoms with Gasteiger partial charge in [-0.1, -0.05) is 84.9 Å². The zero-order valence-electron chi connectivity index (χ0n) is 17.5. The van der Waals surface area contributed by atoms with Crippen LogP contribution in [0.5, 0.6) is 0 Å². The quantitative estimate of drug-likeness (QED) is 0.507. The van der Waals surface area contributed by atoms with E-state index in [9.17, 15) is 14.7 Å². The van der Waals surface area contributed by atoms with Crippen LogP contribution in [0.1, 0.15) is 47.4 Å². The zero-order chi connectivity index (χ0) is 21.6. The smallest absolute Gasteiger partial charge is 0.167 e. The van der Waals surface area contributed by atoms with Crippen LogP contribution in [0.4, 0.5) is 0 Å². The Bertz CT molecular complexity index is 1100. The van der Waals surface area contributed by atoms with Gasteiger partial charge in [0.1, 0.15) is 11.5 Å². The molecule has 0 aliphatic heterocycles. The second-order valence-electron chi connectivity index (χ2n) is 8.06. The fourth-order valence-corrected chi connectivity index (χ4v) is 4.35. The van der Waals surface area contributed by atoms with Gasteiger partial charge >= 0.3 is 0 Å². The van der Waals surface area contributed by atoms with Crippen molar-refractivity contribution in [2.24, 2.45) is 0 Å². The first-order valence-electron chi connectivity index (χ1n) is 10.8. The molecule has 0 saturated carbocycles. The van der Waals surface area contributed by atoms with E-state index < -0.39 is 5.92 Å². The fourth-order valence-electron chi connectivity index (χ4n) is 4.35. The normalized spacial score (nSPS) is 14.3. The number of hydrogen-bond acceptors (Lipinski definition) is 3. The minimum absolute atomic E-state index is 0.0118. The Labute approximate surface area is 183 Å². The third-order valence-electron chi connectivity index (χ3n) is 5.93. The van der Waals surface area contributed by atoms with Crippen molar-refractivity contribution in [3.8, 4) is 0 Å². The molecule has 1 unspecified atom stereocenters. The second-order valence-corrected chi connectivity index (χ2v) is 8.06. The molecular formula is C28H26O3. The van der Waals surface area contributed by atoms with Crippen LogP contribution in [-0.2, 0) is 22.4 Å². The van der Waals surface area contributed by atoms with Crippen LogP contribution >= 0.6 is 0 Å². The first-order valence-corrected chi connectivity index (χ1v) is 10.8. The number of Topliss-reactive ketones (excluding diaryl/α,β-unsaturated/α-hetero) is 2. The van der Waals surface area contributed by atoms with Crippen molar-refractivity contribution in [1.82, 2.24) is 0 Å². The topological polar surface area (TPSA) is 54.4 Å². The van der Waals surface area contributed by atoms with E-state index in [0.717, 1.165) is 24.0 Å². The molecule has 0 fully saturated rings. The average Bonchev–Trinajstić information content (AvgIpc) is 2.80. The summed E-state index contributed by atoms with van der Waals surface area (Å²) in [6, 6.07) is 27.1. The number of allylic oxidation sites excluding steroid dienone is 1. The summed E-state index contributed by atoms with van der Waals surface area (Å²) in [6.07, 6.45) is 2.54. The molecule has 3 aromatic rings. The minimum Gasteiger partial charge on any atom is -0.507 e. The van der Waals surface area contributed by atoms with E-state index in [1.807, 2.05) is 72.8 Å². The number of ketones is 2. The maximum absolute atomic E-state index is 13.0. The number of hydrogen-bond donors (Lipinski definition) is 1. The summed E-state index contributed by atoms with van der Waals surface area (Å²) in [6.45, 7) is 0. The second kappa shape index (κ2) is 9.57. The highest BCUT2D eigenvalue weighted by atomic mass is 16.3. The maximum Gasteiger partial charge on any atom is 0.167 e. The van der Waals surface area contributed by atoms with E-state index in [0.29, 0.717) is 17.6 Å². The molecule has 3 nitrogen and oxygen atoms in total. The molecule has 0 saturated heterocycles. The number of aliphatic hydroxyl groups excluding tert-OH is 1. The first-order chi connectivity index (χ1) is 15.1. The molecule has 0 spiro atoms. The molecule has 0 amide bonds. The number of benzene rings is 3. The highest BCUT2D eigenvalue weighted by molar-refractivity contribution is 6.07. The van der Waals surface area contributed by atoms with Gasteiger partial charge in [-0.15, -0.1) is 0 Å². The maximum atomic E-state index is 13.0. The van der Waals surface area contributed by atoms with Gasteiger partial charge in [-0.05, 0) is 29.5 Å². The Balaban J connectivity index is 1.57. The lowest BCUT2D eigenvalue weighted by Gasteiger charge is -2.25. The van der Waals surface area contributed by atoms with Crippen molar-refractivity contribution >= 4 is 17.3 Å². The summed E-state index contributed by atoms with van der Waals surface area (Å²) >= 11 is 0. The van der Waals surface area contributed by atoms with Crippen LogP contribution in [0.2, 0.25) is 0 Å². The third-order valence-corrected chi connectivity index (χ3v) is 5.93. The van der Waals surface area contributed by atoms with Crippen molar-refractivity contribution in [3.63, 3.8) is 0 Å². The average molecular weight is 411 g/mol. The summed E-state index contributed by atoms with van der Waals surface area (Å²) in [4.78, 5) is 25.9. The lowest BCUT2D eigenvalue weighted by molar-refractivity contribution is -0.119. The number of aryl methyl sites for hydroxylation is 1. The molecule has 1 atom stereocenters. The van der Waals surface area contributed by atoms with Gasteiger partial charge in [0.15, 0.2) is 5.78 Å². The number of carbonyl (C=O) groups excluding carboxylic acids is 2. The van der Waals surface area contributed by atoms with E-state index in [4.69, 9.17) is 0 Å². The molecular weight excluding hydrogens is 384 g/mol. The number of rotatable bonds is 8. The highest BCUT2D eigenvalue weighted by Crippen LogP contribution is 2.38. The van der Waals surface area contributed by atoms with Crippen molar-refractivity contribution < 1.29 is 14.7 Å². The summed E-state index contributed by atoms with van der Waals surface area (Å²) in [5, 5.41) is 11.0. The monoisotopic (exact) mass is 410 g/mol. The van der Waals surface area contributed by atoms with Gasteiger partial charge in [-0.3, -0.25) is 9.59 Å². The molecule has 0 aromatic heterocycles. The lowest BCUT2D eigenvalue weighted by atomic mass is 9.78. The Morgan fingerprint density at radius 1 is 0.871 bits per heavy atom. The van der Waals surface area contributed by atoms with Gasteiger partial charge in [-0.25, -0.2) is 0 Å². The highest BCUT2D eigenvalue weighted by Gasteiger charge is 2.32. The van der Waals surface area contributed by atoms with E-state index >= 15 is 0 Å². The molecule has 1 aliphatic carbocycles. The minimum atomic E-state index is -0.439. The first kappa shape index (κ1) is 20.8. The predicted molar refractivity (Wildman–Crippen MR) is 123 cm³/mol. The Morgan fingerprint density at radius 2 is 1.52 bits per heavy atom. The van der Waals surface area contributed by atoms with Gasteiger partial charge in [0.25, 0.3) is 0 Å². The lowest BCUT2D eigenvalue weighted by Crippen LogP contribution is -2.23. The van der Waals surface area contributed by atoms with Gasteiger partial charge in [0.2, 0.25) is 0 Å². The number of carbonyl (C=O) groups is 2. The molecule has 3 heteroatoms. The molecule has 1 N–H and O–H groups in total. The standard InChI is InChI=1S/C28H26O3/c29-23(16-9-12-20-10-3-1-4-11-20)19-25(21-13-5-2-6-14-21)27-26(30)18-22-15-7-8-17-24(22)28(27)31/h1-8,10-11,13-15,17,25,31H,9,12,16,18-19H2. The van der Waals surface area contributed by atoms with E-state index in [1.165, 1.54) is 5.56 Å². The van der Waals surface area contributed by atoms with Crippen molar-refractivity contribution in [1.29, 1.82) is 0 Å². The molecule has 4 rings (SSSR count). The Morgan fingerprint density at radius 3 is 2.26 bits per heavy atom. The van der Waals surface area contributed by atoms with Crippen LogP contribution in [0.25, 0.3) is 5.76 Å². The third kappa shape index (κ3) is 4.83. The molecule has 0 bridgehead atoms. The van der Waals surface area contributed by atoms with E-state index in [-0.39, 0.29) is 30.2 Å². The van der Waals surface area contributed by atoms with Gasteiger partial charge < -0.3 is 5.11 Å².